The summed E-state index contributed by atoms with van der Waals surface area (Å²) in [4.78, 5) is 30.1. The van der Waals surface area contributed by atoms with Gasteiger partial charge in [-0.2, -0.15) is 0 Å². The highest BCUT2D eigenvalue weighted by atomic mass is 32.1. The van der Waals surface area contributed by atoms with Crippen LogP contribution in [-0.4, -0.2) is 48.0 Å². The summed E-state index contributed by atoms with van der Waals surface area (Å²) in [6, 6.07) is -0.496. The SMILES string of the molecule is COC(=O)CC1C(=O)NCCN1Cc1cnc(N)s1. The highest BCUT2D eigenvalue weighted by Crippen LogP contribution is 2.20. The first-order valence-electron chi connectivity index (χ1n) is 5.89. The van der Waals surface area contributed by atoms with E-state index in [0.717, 1.165) is 4.88 Å². The lowest BCUT2D eigenvalue weighted by atomic mass is 10.1. The molecule has 1 unspecified atom stereocenters. The molecule has 1 aromatic heterocycles. The third kappa shape index (κ3) is 3.42. The molecule has 7 nitrogen and oxygen atoms in total. The van der Waals surface area contributed by atoms with E-state index in [1.165, 1.54) is 18.4 Å². The first-order chi connectivity index (χ1) is 9.10. The number of anilines is 1. The third-order valence-corrected chi connectivity index (χ3v) is 3.77. The Morgan fingerprint density at radius 2 is 2.53 bits per heavy atom. The standard InChI is InChI=1S/C11H16N4O3S/c1-18-9(16)4-8-10(17)13-2-3-15(8)6-7-5-14-11(12)19-7/h5,8H,2-4,6H2,1H3,(H2,12,14)(H,13,17). The van der Waals surface area contributed by atoms with Crippen molar-refractivity contribution < 1.29 is 14.3 Å². The highest BCUT2D eigenvalue weighted by Gasteiger charge is 2.32. The van der Waals surface area contributed by atoms with E-state index in [-0.39, 0.29) is 12.3 Å². The minimum absolute atomic E-state index is 0.0522. The molecule has 0 saturated carbocycles. The molecule has 1 saturated heterocycles. The Hall–Kier alpha value is -1.67. The molecule has 1 atom stereocenters. The molecule has 104 valence electrons. The second kappa shape index (κ2) is 5.98. The Labute approximate surface area is 114 Å². The quantitative estimate of drug-likeness (QED) is 0.729. The zero-order valence-electron chi connectivity index (χ0n) is 10.6. The third-order valence-electron chi connectivity index (χ3n) is 2.96. The van der Waals surface area contributed by atoms with Gasteiger partial charge in [-0.1, -0.05) is 0 Å². The van der Waals surface area contributed by atoms with Crippen LogP contribution in [0.5, 0.6) is 0 Å². The van der Waals surface area contributed by atoms with Gasteiger partial charge >= 0.3 is 5.97 Å². The fourth-order valence-corrected chi connectivity index (χ4v) is 2.72. The topological polar surface area (TPSA) is 97.5 Å². The maximum Gasteiger partial charge on any atom is 0.307 e. The van der Waals surface area contributed by atoms with Gasteiger partial charge in [0, 0.05) is 30.7 Å². The van der Waals surface area contributed by atoms with E-state index in [4.69, 9.17) is 5.73 Å². The van der Waals surface area contributed by atoms with E-state index in [1.807, 2.05) is 4.90 Å². The van der Waals surface area contributed by atoms with E-state index in [0.29, 0.717) is 24.8 Å². The smallest absolute Gasteiger partial charge is 0.307 e. The molecule has 1 amide bonds. The number of aromatic nitrogens is 1. The Balaban J connectivity index is 2.06. The number of ether oxygens (including phenoxy) is 1. The van der Waals surface area contributed by atoms with Crippen LogP contribution < -0.4 is 11.1 Å². The molecular weight excluding hydrogens is 268 g/mol. The Kier molecular flexibility index (Phi) is 4.33. The Morgan fingerprint density at radius 1 is 1.74 bits per heavy atom. The molecule has 8 heteroatoms. The van der Waals surface area contributed by atoms with Crippen LogP contribution in [0.3, 0.4) is 0 Å². The fourth-order valence-electron chi connectivity index (χ4n) is 2.01. The van der Waals surface area contributed by atoms with E-state index in [1.54, 1.807) is 6.20 Å². The molecular formula is C11H16N4O3S. The maximum atomic E-state index is 11.9. The summed E-state index contributed by atoms with van der Waals surface area (Å²) >= 11 is 1.39. The number of esters is 1. The number of nitrogen functional groups attached to an aromatic ring is 1. The van der Waals surface area contributed by atoms with Crippen LogP contribution in [-0.2, 0) is 20.9 Å². The molecule has 0 bridgehead atoms. The summed E-state index contributed by atoms with van der Waals surface area (Å²) in [6.45, 7) is 1.82. The zero-order chi connectivity index (χ0) is 13.8. The number of thiazole rings is 1. The fraction of sp³-hybridized carbons (Fsp3) is 0.545. The molecule has 1 aliphatic rings. The van der Waals surface area contributed by atoms with Gasteiger partial charge in [0.05, 0.1) is 13.5 Å². The lowest BCUT2D eigenvalue weighted by Gasteiger charge is -2.33. The van der Waals surface area contributed by atoms with Gasteiger partial charge in [-0.05, 0) is 0 Å². The van der Waals surface area contributed by atoms with Gasteiger partial charge < -0.3 is 15.8 Å². The number of hydrogen-bond donors (Lipinski definition) is 2. The molecule has 2 heterocycles. The van der Waals surface area contributed by atoms with Crippen LogP contribution >= 0.6 is 11.3 Å². The monoisotopic (exact) mass is 284 g/mol. The molecule has 1 aromatic rings. The van der Waals surface area contributed by atoms with Crippen molar-refractivity contribution in [2.75, 3.05) is 25.9 Å². The molecule has 1 aliphatic heterocycles. The number of nitrogens with one attached hydrogen (secondary N) is 1. The summed E-state index contributed by atoms with van der Waals surface area (Å²) < 4.78 is 4.63. The van der Waals surface area contributed by atoms with E-state index >= 15 is 0 Å². The normalized spacial score (nSPS) is 20.1. The highest BCUT2D eigenvalue weighted by molar-refractivity contribution is 7.15. The number of hydrogen-bond acceptors (Lipinski definition) is 7. The number of amides is 1. The van der Waals surface area contributed by atoms with Gasteiger partial charge in [0.1, 0.15) is 6.04 Å². The number of nitrogens with zero attached hydrogens (tertiary/aromatic N) is 2. The number of nitrogens with two attached hydrogens (primary N) is 1. The molecule has 0 aromatic carbocycles. The Bertz CT molecular complexity index is 476. The summed E-state index contributed by atoms with van der Waals surface area (Å²) in [5, 5.41) is 3.26. The first-order valence-corrected chi connectivity index (χ1v) is 6.70. The van der Waals surface area contributed by atoms with Gasteiger partial charge in [0.2, 0.25) is 5.91 Å². The predicted octanol–water partition coefficient (Wildman–Crippen LogP) is -0.411. The van der Waals surface area contributed by atoms with Gasteiger partial charge in [-0.3, -0.25) is 14.5 Å². The lowest BCUT2D eigenvalue weighted by Crippen LogP contribution is -2.55. The Morgan fingerprint density at radius 3 is 3.16 bits per heavy atom. The van der Waals surface area contributed by atoms with Crippen molar-refractivity contribution in [1.82, 2.24) is 15.2 Å². The summed E-state index contributed by atoms with van der Waals surface area (Å²) in [5.41, 5.74) is 5.58. The first kappa shape index (κ1) is 13.8. The van der Waals surface area contributed by atoms with E-state index < -0.39 is 12.0 Å². The molecule has 19 heavy (non-hydrogen) atoms. The second-order valence-electron chi connectivity index (χ2n) is 4.22. The summed E-state index contributed by atoms with van der Waals surface area (Å²) in [7, 11) is 1.32. The van der Waals surface area contributed by atoms with Crippen LogP contribution in [0.2, 0.25) is 0 Å². The van der Waals surface area contributed by atoms with Crippen molar-refractivity contribution in [3.8, 4) is 0 Å². The van der Waals surface area contributed by atoms with Gasteiger partial charge in [-0.15, -0.1) is 11.3 Å². The zero-order valence-corrected chi connectivity index (χ0v) is 11.4. The molecule has 1 fully saturated rings. The average molecular weight is 284 g/mol. The molecule has 3 N–H and O–H groups in total. The number of piperazine rings is 1. The van der Waals surface area contributed by atoms with Crippen LogP contribution in [0.1, 0.15) is 11.3 Å². The number of carbonyl (C=O) groups is 2. The minimum Gasteiger partial charge on any atom is -0.469 e. The largest absolute Gasteiger partial charge is 0.469 e. The van der Waals surface area contributed by atoms with Gasteiger partial charge in [-0.25, -0.2) is 4.98 Å². The van der Waals surface area contributed by atoms with Crippen molar-refractivity contribution in [3.63, 3.8) is 0 Å². The van der Waals surface area contributed by atoms with Crippen LogP contribution in [0, 0.1) is 0 Å². The molecule has 0 radical (unpaired) electrons. The minimum atomic E-state index is -0.496. The molecule has 2 rings (SSSR count). The van der Waals surface area contributed by atoms with Crippen molar-refractivity contribution >= 4 is 28.3 Å². The average Bonchev–Trinajstić information content (AvgIpc) is 2.79. The van der Waals surface area contributed by atoms with Crippen molar-refractivity contribution in [2.24, 2.45) is 0 Å². The molecule has 0 spiro atoms. The van der Waals surface area contributed by atoms with Crippen LogP contribution in [0.15, 0.2) is 6.20 Å². The second-order valence-corrected chi connectivity index (χ2v) is 5.37. The molecule has 0 aliphatic carbocycles. The van der Waals surface area contributed by atoms with Crippen LogP contribution in [0.25, 0.3) is 0 Å². The number of rotatable bonds is 4. The van der Waals surface area contributed by atoms with E-state index in [9.17, 15) is 9.59 Å². The van der Waals surface area contributed by atoms with Crippen molar-refractivity contribution in [2.45, 2.75) is 19.0 Å². The lowest BCUT2D eigenvalue weighted by molar-refractivity contribution is -0.146. The van der Waals surface area contributed by atoms with E-state index in [2.05, 4.69) is 15.0 Å². The summed E-state index contributed by atoms with van der Waals surface area (Å²) in [6.07, 6.45) is 1.75. The summed E-state index contributed by atoms with van der Waals surface area (Å²) in [5.74, 6) is -0.537. The van der Waals surface area contributed by atoms with Crippen LogP contribution in [0.4, 0.5) is 5.13 Å². The van der Waals surface area contributed by atoms with Crippen molar-refractivity contribution in [3.05, 3.63) is 11.1 Å². The maximum absolute atomic E-state index is 11.9. The number of carbonyl (C=O) groups excluding carboxylic acids is 2. The predicted molar refractivity (Wildman–Crippen MR) is 70.4 cm³/mol. The van der Waals surface area contributed by atoms with Crippen molar-refractivity contribution in [1.29, 1.82) is 0 Å². The van der Waals surface area contributed by atoms with Gasteiger partial charge in [0.15, 0.2) is 5.13 Å². The van der Waals surface area contributed by atoms with Gasteiger partial charge in [0.25, 0.3) is 0 Å². The number of methoxy groups -OCH3 is 1.